The number of piperazine rings is 1. The molecule has 2 unspecified atom stereocenters. The molecule has 7 nitrogen and oxygen atoms in total. The zero-order chi connectivity index (χ0) is 17.4. The van der Waals surface area contributed by atoms with E-state index >= 15 is 0 Å². The number of hydrogen-bond donors (Lipinski definition) is 0. The molecule has 0 saturated carbocycles. The first-order chi connectivity index (χ1) is 10.6. The molecule has 0 radical (unpaired) electrons. The van der Waals surface area contributed by atoms with Crippen molar-refractivity contribution in [2.75, 3.05) is 40.3 Å². The highest BCUT2D eigenvalue weighted by Gasteiger charge is 2.38. The Labute approximate surface area is 139 Å². The number of likely N-dealkylation sites (N-methyl/N-ethyl adjacent to an activating group) is 1. The first-order valence-electron chi connectivity index (χ1n) is 7.98. The topological polar surface area (TPSA) is 69.9 Å². The molecule has 8 heteroatoms. The second-order valence-electron chi connectivity index (χ2n) is 6.71. The smallest absolute Gasteiger partial charge is 0.248 e. The fourth-order valence-electron chi connectivity index (χ4n) is 3.23. The van der Waals surface area contributed by atoms with Crippen molar-refractivity contribution in [2.45, 2.75) is 44.7 Å². The van der Waals surface area contributed by atoms with Gasteiger partial charge >= 0.3 is 0 Å². The van der Waals surface area contributed by atoms with E-state index in [4.69, 9.17) is 4.52 Å². The minimum Gasteiger partial charge on any atom is -0.360 e. The van der Waals surface area contributed by atoms with Gasteiger partial charge in [0.2, 0.25) is 10.0 Å². The standard InChI is InChI=1S/C15H28N4O3S/c1-11-9-18(10-12(2)19(11)8-7-17(5)6)23(20,21)15-13(3)16-22-14(15)4/h11-12H,7-10H2,1-6H3. The van der Waals surface area contributed by atoms with E-state index in [1.54, 1.807) is 18.2 Å². The Kier molecular flexibility index (Phi) is 5.50. The number of aryl methyl sites for hydroxylation is 2. The van der Waals surface area contributed by atoms with Crippen LogP contribution in [-0.4, -0.2) is 80.0 Å². The Balaban J connectivity index is 2.18. The Morgan fingerprint density at radius 2 is 1.78 bits per heavy atom. The van der Waals surface area contributed by atoms with Crippen LogP contribution >= 0.6 is 0 Å². The van der Waals surface area contributed by atoms with Crippen molar-refractivity contribution in [2.24, 2.45) is 0 Å². The van der Waals surface area contributed by atoms with Gasteiger partial charge in [0, 0.05) is 38.3 Å². The number of nitrogens with zero attached hydrogens (tertiary/aromatic N) is 4. The van der Waals surface area contributed by atoms with Crippen molar-refractivity contribution in [3.05, 3.63) is 11.5 Å². The van der Waals surface area contributed by atoms with Crippen molar-refractivity contribution in [1.82, 2.24) is 19.3 Å². The summed E-state index contributed by atoms with van der Waals surface area (Å²) in [4.78, 5) is 4.74. The van der Waals surface area contributed by atoms with Gasteiger partial charge in [-0.1, -0.05) is 5.16 Å². The second kappa shape index (κ2) is 6.88. The third kappa shape index (κ3) is 3.76. The summed E-state index contributed by atoms with van der Waals surface area (Å²) in [6.45, 7) is 10.4. The van der Waals surface area contributed by atoms with E-state index in [0.717, 1.165) is 13.1 Å². The third-order valence-corrected chi connectivity index (χ3v) is 6.52. The maximum Gasteiger partial charge on any atom is 0.248 e. The van der Waals surface area contributed by atoms with Gasteiger partial charge in [0.05, 0.1) is 0 Å². The van der Waals surface area contributed by atoms with Gasteiger partial charge in [-0.2, -0.15) is 4.31 Å². The van der Waals surface area contributed by atoms with E-state index in [1.807, 2.05) is 14.1 Å². The molecule has 23 heavy (non-hydrogen) atoms. The van der Waals surface area contributed by atoms with Gasteiger partial charge in [0.25, 0.3) is 0 Å². The number of hydrogen-bond acceptors (Lipinski definition) is 6. The highest BCUT2D eigenvalue weighted by atomic mass is 32.2. The van der Waals surface area contributed by atoms with E-state index in [2.05, 4.69) is 28.8 Å². The largest absolute Gasteiger partial charge is 0.360 e. The number of sulfonamides is 1. The van der Waals surface area contributed by atoms with Crippen molar-refractivity contribution in [1.29, 1.82) is 0 Å². The summed E-state index contributed by atoms with van der Waals surface area (Å²) >= 11 is 0. The lowest BCUT2D eigenvalue weighted by molar-refractivity contribution is 0.0708. The van der Waals surface area contributed by atoms with Gasteiger partial charge in [-0.15, -0.1) is 0 Å². The van der Waals surface area contributed by atoms with E-state index in [0.29, 0.717) is 24.5 Å². The van der Waals surface area contributed by atoms with Crippen molar-refractivity contribution >= 4 is 10.0 Å². The Hall–Kier alpha value is -0.960. The van der Waals surface area contributed by atoms with E-state index in [1.165, 1.54) is 0 Å². The third-order valence-electron chi connectivity index (χ3n) is 4.44. The monoisotopic (exact) mass is 344 g/mol. The maximum atomic E-state index is 13.0. The van der Waals surface area contributed by atoms with Crippen LogP contribution in [0.5, 0.6) is 0 Å². The molecule has 0 aromatic carbocycles. The van der Waals surface area contributed by atoms with Crippen LogP contribution in [0.4, 0.5) is 0 Å². The van der Waals surface area contributed by atoms with Crippen molar-refractivity contribution in [3.63, 3.8) is 0 Å². The molecule has 0 bridgehead atoms. The first-order valence-corrected chi connectivity index (χ1v) is 9.42. The SMILES string of the molecule is Cc1noc(C)c1S(=O)(=O)N1CC(C)N(CCN(C)C)C(C)C1. The molecule has 2 rings (SSSR count). The molecule has 0 aliphatic carbocycles. The van der Waals surface area contributed by atoms with Gasteiger partial charge in [-0.05, 0) is 41.8 Å². The van der Waals surface area contributed by atoms with Crippen LogP contribution in [-0.2, 0) is 10.0 Å². The minimum absolute atomic E-state index is 0.175. The Morgan fingerprint density at radius 1 is 1.22 bits per heavy atom. The lowest BCUT2D eigenvalue weighted by Crippen LogP contribution is -2.58. The van der Waals surface area contributed by atoms with Gasteiger partial charge in [-0.25, -0.2) is 8.42 Å². The predicted molar refractivity (Wildman–Crippen MR) is 88.9 cm³/mol. The summed E-state index contributed by atoms with van der Waals surface area (Å²) in [7, 11) is 0.538. The first kappa shape index (κ1) is 18.4. The lowest BCUT2D eigenvalue weighted by Gasteiger charge is -2.44. The van der Waals surface area contributed by atoms with Gasteiger partial charge in [-0.3, -0.25) is 4.90 Å². The van der Waals surface area contributed by atoms with E-state index in [9.17, 15) is 8.42 Å². The van der Waals surface area contributed by atoms with Crippen LogP contribution in [0.15, 0.2) is 9.42 Å². The molecule has 0 amide bonds. The van der Waals surface area contributed by atoms with Gasteiger partial charge in [0.15, 0.2) is 5.76 Å². The molecular weight excluding hydrogens is 316 g/mol. The van der Waals surface area contributed by atoms with Gasteiger partial charge in [0.1, 0.15) is 10.6 Å². The average molecular weight is 344 g/mol. The highest BCUT2D eigenvalue weighted by Crippen LogP contribution is 2.27. The average Bonchev–Trinajstić information content (AvgIpc) is 2.77. The molecule has 0 N–H and O–H groups in total. The molecular formula is C15H28N4O3S. The fourth-order valence-corrected chi connectivity index (χ4v) is 5.13. The van der Waals surface area contributed by atoms with Crippen molar-refractivity contribution in [3.8, 4) is 0 Å². The second-order valence-corrected chi connectivity index (χ2v) is 8.59. The summed E-state index contributed by atoms with van der Waals surface area (Å²) in [6, 6.07) is 0.350. The molecule has 132 valence electrons. The van der Waals surface area contributed by atoms with Gasteiger partial charge < -0.3 is 9.42 Å². The zero-order valence-corrected chi connectivity index (χ0v) is 15.7. The van der Waals surface area contributed by atoms with Crippen LogP contribution in [0.3, 0.4) is 0 Å². The number of aromatic nitrogens is 1. The molecule has 1 aromatic heterocycles. The summed E-state index contributed by atoms with van der Waals surface area (Å²) in [5, 5.41) is 3.78. The molecule has 1 aromatic rings. The van der Waals surface area contributed by atoms with E-state index < -0.39 is 10.0 Å². The van der Waals surface area contributed by atoms with Crippen LogP contribution in [0, 0.1) is 13.8 Å². The van der Waals surface area contributed by atoms with Crippen molar-refractivity contribution < 1.29 is 12.9 Å². The molecule has 1 aliphatic heterocycles. The molecule has 1 saturated heterocycles. The van der Waals surface area contributed by atoms with Crippen LogP contribution in [0.25, 0.3) is 0 Å². The Morgan fingerprint density at radius 3 is 2.22 bits per heavy atom. The molecule has 1 aliphatic rings. The highest BCUT2D eigenvalue weighted by molar-refractivity contribution is 7.89. The summed E-state index contributed by atoms with van der Waals surface area (Å²) in [5.41, 5.74) is 0.429. The molecule has 0 spiro atoms. The molecule has 2 atom stereocenters. The zero-order valence-electron chi connectivity index (χ0n) is 14.9. The number of rotatable bonds is 5. The quantitative estimate of drug-likeness (QED) is 0.792. The lowest BCUT2D eigenvalue weighted by atomic mass is 10.1. The predicted octanol–water partition coefficient (Wildman–Crippen LogP) is 0.936. The van der Waals surface area contributed by atoms with Crippen LogP contribution in [0.1, 0.15) is 25.3 Å². The van der Waals surface area contributed by atoms with Crippen LogP contribution < -0.4 is 0 Å². The summed E-state index contributed by atoms with van der Waals surface area (Å²) in [5.74, 6) is 0.359. The Bertz CT molecular complexity index is 610. The summed E-state index contributed by atoms with van der Waals surface area (Å²) < 4.78 is 32.5. The normalized spacial score (nSPS) is 24.5. The minimum atomic E-state index is -3.56. The molecule has 1 fully saturated rings. The van der Waals surface area contributed by atoms with E-state index in [-0.39, 0.29) is 17.0 Å². The molecule has 2 heterocycles. The summed E-state index contributed by atoms with van der Waals surface area (Å²) in [6.07, 6.45) is 0. The maximum absolute atomic E-state index is 13.0. The van der Waals surface area contributed by atoms with Crippen LogP contribution in [0.2, 0.25) is 0 Å². The fraction of sp³-hybridized carbons (Fsp3) is 0.800.